The summed E-state index contributed by atoms with van der Waals surface area (Å²) in [6.07, 6.45) is 3.60. The van der Waals surface area contributed by atoms with E-state index >= 15 is 0 Å². The van der Waals surface area contributed by atoms with Gasteiger partial charge >= 0.3 is 0 Å². The second-order valence-corrected chi connectivity index (χ2v) is 8.03. The van der Waals surface area contributed by atoms with Crippen LogP contribution in [-0.2, 0) is 12.8 Å². The fourth-order valence-corrected chi connectivity index (χ4v) is 4.17. The van der Waals surface area contributed by atoms with Gasteiger partial charge in [-0.2, -0.15) is 0 Å². The molecule has 3 aromatic rings. The lowest BCUT2D eigenvalue weighted by Gasteiger charge is -1.98. The van der Waals surface area contributed by atoms with Crippen molar-refractivity contribution < 1.29 is 9.18 Å². The molecule has 0 fully saturated rings. The number of anilines is 1. The number of hydrogen-bond acceptors (Lipinski definition) is 6. The fraction of sp³-hybridized carbons (Fsp3) is 0.333. The fourth-order valence-electron chi connectivity index (χ4n) is 2.40. The molecule has 2 heterocycles. The van der Waals surface area contributed by atoms with E-state index in [9.17, 15) is 9.18 Å². The predicted molar refractivity (Wildman–Crippen MR) is 103 cm³/mol. The van der Waals surface area contributed by atoms with Crippen LogP contribution in [0.25, 0.3) is 0 Å². The summed E-state index contributed by atoms with van der Waals surface area (Å²) in [7, 11) is 0. The van der Waals surface area contributed by atoms with Gasteiger partial charge in [0.1, 0.15) is 15.7 Å². The molecular weight excluding hydrogens is 371 g/mol. The van der Waals surface area contributed by atoms with E-state index in [4.69, 9.17) is 0 Å². The summed E-state index contributed by atoms with van der Waals surface area (Å²) in [4.78, 5) is 17.5. The normalized spacial score (nSPS) is 10.9. The molecule has 8 heteroatoms. The zero-order valence-electron chi connectivity index (χ0n) is 14.6. The average Bonchev–Trinajstić information content (AvgIpc) is 3.21. The minimum atomic E-state index is -0.264. The van der Waals surface area contributed by atoms with Crippen molar-refractivity contribution in [2.24, 2.45) is 0 Å². The van der Waals surface area contributed by atoms with Gasteiger partial charge in [-0.05, 0) is 31.0 Å². The van der Waals surface area contributed by atoms with Crippen molar-refractivity contribution in [3.63, 3.8) is 0 Å². The van der Waals surface area contributed by atoms with Crippen LogP contribution in [0.5, 0.6) is 0 Å². The van der Waals surface area contributed by atoms with Gasteiger partial charge in [0, 0.05) is 12.8 Å². The van der Waals surface area contributed by atoms with Crippen LogP contribution >= 0.6 is 22.7 Å². The van der Waals surface area contributed by atoms with Crippen LogP contribution in [0.3, 0.4) is 0 Å². The Kier molecular flexibility index (Phi) is 6.05. The van der Waals surface area contributed by atoms with Crippen LogP contribution in [-0.4, -0.2) is 21.1 Å². The first-order chi connectivity index (χ1) is 12.5. The first-order valence-corrected chi connectivity index (χ1v) is 10.0. The highest BCUT2D eigenvalue weighted by molar-refractivity contribution is 7.16. The number of hydrogen-bond donors (Lipinski definition) is 1. The number of nitrogens with one attached hydrogen (secondary N) is 1. The lowest BCUT2D eigenvalue weighted by molar-refractivity contribution is 0.102. The summed E-state index contributed by atoms with van der Waals surface area (Å²) in [5.74, 6) is -0.483. The highest BCUT2D eigenvalue weighted by Crippen LogP contribution is 2.24. The number of aromatic nitrogens is 3. The van der Waals surface area contributed by atoms with Crippen LogP contribution in [0.2, 0.25) is 0 Å². The molecule has 0 bridgehead atoms. The minimum absolute atomic E-state index is 0.219. The Morgan fingerprint density at radius 3 is 2.65 bits per heavy atom. The number of amides is 1. The smallest absolute Gasteiger partial charge is 0.269 e. The SMILES string of the molecule is CCCCc1nnc(NC(=O)c2sc(Cc3ccc(F)cc3)nc2C)s1. The van der Waals surface area contributed by atoms with E-state index in [0.717, 1.165) is 34.8 Å². The van der Waals surface area contributed by atoms with Gasteiger partial charge in [-0.15, -0.1) is 21.5 Å². The number of nitrogens with zero attached hydrogens (tertiary/aromatic N) is 3. The highest BCUT2D eigenvalue weighted by atomic mass is 32.1. The van der Waals surface area contributed by atoms with Crippen molar-refractivity contribution >= 4 is 33.7 Å². The highest BCUT2D eigenvalue weighted by Gasteiger charge is 2.17. The minimum Gasteiger partial charge on any atom is -0.296 e. The molecule has 0 spiro atoms. The largest absolute Gasteiger partial charge is 0.296 e. The molecule has 2 aromatic heterocycles. The topological polar surface area (TPSA) is 67.8 Å². The zero-order valence-corrected chi connectivity index (χ0v) is 16.2. The molecule has 0 aliphatic rings. The number of benzene rings is 1. The van der Waals surface area contributed by atoms with Crippen LogP contribution in [0.15, 0.2) is 24.3 Å². The zero-order chi connectivity index (χ0) is 18.5. The predicted octanol–water partition coefficient (Wildman–Crippen LogP) is 4.63. The van der Waals surface area contributed by atoms with Gasteiger partial charge in [0.05, 0.1) is 10.7 Å². The third kappa shape index (κ3) is 4.70. The maximum absolute atomic E-state index is 13.0. The molecule has 3 rings (SSSR count). The van der Waals surface area contributed by atoms with Gasteiger partial charge < -0.3 is 0 Å². The Bertz CT molecular complexity index is 889. The van der Waals surface area contributed by atoms with Crippen molar-refractivity contribution in [2.45, 2.75) is 39.5 Å². The van der Waals surface area contributed by atoms with Gasteiger partial charge in [-0.3, -0.25) is 10.1 Å². The molecule has 26 heavy (non-hydrogen) atoms. The van der Waals surface area contributed by atoms with Crippen molar-refractivity contribution in [3.05, 3.63) is 56.2 Å². The molecule has 0 aliphatic carbocycles. The second-order valence-electron chi connectivity index (χ2n) is 5.88. The molecule has 1 amide bonds. The molecule has 0 radical (unpaired) electrons. The van der Waals surface area contributed by atoms with Crippen molar-refractivity contribution in [1.82, 2.24) is 15.2 Å². The summed E-state index contributed by atoms with van der Waals surface area (Å²) in [5.41, 5.74) is 1.64. The monoisotopic (exact) mass is 390 g/mol. The Morgan fingerprint density at radius 2 is 1.92 bits per heavy atom. The maximum atomic E-state index is 13.0. The first kappa shape index (κ1) is 18.6. The summed E-state index contributed by atoms with van der Waals surface area (Å²) in [6, 6.07) is 6.31. The summed E-state index contributed by atoms with van der Waals surface area (Å²) >= 11 is 2.75. The first-order valence-electron chi connectivity index (χ1n) is 8.39. The van der Waals surface area contributed by atoms with E-state index in [0.29, 0.717) is 22.1 Å². The standard InChI is InChI=1S/C18H19FN4OS2/c1-3-4-5-14-22-23-18(26-14)21-17(24)16-11(2)20-15(25-16)10-12-6-8-13(19)9-7-12/h6-9H,3-5,10H2,1-2H3,(H,21,23,24). The summed E-state index contributed by atoms with van der Waals surface area (Å²) in [5, 5.41) is 13.2. The van der Waals surface area contributed by atoms with Crippen LogP contribution in [0.4, 0.5) is 9.52 Å². The Labute approximate surface area is 159 Å². The molecule has 0 saturated carbocycles. The molecule has 0 aliphatic heterocycles. The third-order valence-corrected chi connectivity index (χ3v) is 5.80. The summed E-state index contributed by atoms with van der Waals surface area (Å²) in [6.45, 7) is 3.94. The molecule has 1 aromatic carbocycles. The molecule has 5 nitrogen and oxygen atoms in total. The van der Waals surface area contributed by atoms with Gasteiger partial charge in [-0.1, -0.05) is 36.8 Å². The summed E-state index contributed by atoms with van der Waals surface area (Å²) < 4.78 is 13.0. The van der Waals surface area contributed by atoms with Crippen molar-refractivity contribution in [2.75, 3.05) is 5.32 Å². The number of carbonyl (C=O) groups excluding carboxylic acids is 1. The second kappa shape index (κ2) is 8.46. The van der Waals surface area contributed by atoms with Crippen LogP contribution < -0.4 is 5.32 Å². The average molecular weight is 391 g/mol. The molecular formula is C18H19FN4OS2. The molecule has 0 saturated heterocycles. The van der Waals surface area contributed by atoms with Gasteiger partial charge in [0.25, 0.3) is 5.91 Å². The number of unbranched alkanes of at least 4 members (excludes halogenated alkanes) is 1. The maximum Gasteiger partial charge on any atom is 0.269 e. The van der Waals surface area contributed by atoms with E-state index in [1.54, 1.807) is 12.1 Å². The van der Waals surface area contributed by atoms with Gasteiger partial charge in [-0.25, -0.2) is 9.37 Å². The van der Waals surface area contributed by atoms with E-state index < -0.39 is 0 Å². The van der Waals surface area contributed by atoms with Crippen molar-refractivity contribution in [1.29, 1.82) is 0 Å². The third-order valence-electron chi connectivity index (χ3n) is 3.75. The van der Waals surface area contributed by atoms with E-state index in [1.807, 2.05) is 6.92 Å². The number of rotatable bonds is 7. The molecule has 136 valence electrons. The Morgan fingerprint density at radius 1 is 1.15 bits per heavy atom. The molecule has 1 N–H and O–H groups in total. The number of halogens is 1. The van der Waals surface area contributed by atoms with Crippen LogP contribution in [0, 0.1) is 12.7 Å². The van der Waals surface area contributed by atoms with E-state index in [2.05, 4.69) is 27.4 Å². The van der Waals surface area contributed by atoms with E-state index in [1.165, 1.54) is 34.8 Å². The Hall–Kier alpha value is -2.19. The number of thiazole rings is 1. The Balaban J connectivity index is 1.66. The molecule has 0 atom stereocenters. The molecule has 0 unspecified atom stereocenters. The number of carbonyl (C=O) groups is 1. The van der Waals surface area contributed by atoms with Gasteiger partial charge in [0.15, 0.2) is 0 Å². The number of aryl methyl sites for hydroxylation is 2. The van der Waals surface area contributed by atoms with Gasteiger partial charge in [0.2, 0.25) is 5.13 Å². The van der Waals surface area contributed by atoms with Crippen LogP contribution in [0.1, 0.15) is 50.7 Å². The van der Waals surface area contributed by atoms with E-state index in [-0.39, 0.29) is 11.7 Å². The lowest BCUT2D eigenvalue weighted by Crippen LogP contribution is -2.11. The lowest BCUT2D eigenvalue weighted by atomic mass is 10.1. The quantitative estimate of drug-likeness (QED) is 0.639. The van der Waals surface area contributed by atoms with Crippen molar-refractivity contribution in [3.8, 4) is 0 Å².